The van der Waals surface area contributed by atoms with Gasteiger partial charge >= 0.3 is 6.18 Å². The molecule has 0 fully saturated rings. The van der Waals surface area contributed by atoms with Crippen LogP contribution in [0, 0.1) is 10.6 Å². The van der Waals surface area contributed by atoms with Gasteiger partial charge in [-0.1, -0.05) is 27.7 Å². The van der Waals surface area contributed by atoms with E-state index >= 15 is 0 Å². The van der Waals surface area contributed by atoms with Gasteiger partial charge in [0.05, 0.1) is 0 Å². The minimum atomic E-state index is -4.61. The van der Waals surface area contributed by atoms with Gasteiger partial charge in [0.2, 0.25) is 0 Å². The third kappa shape index (κ3) is 3.11. The lowest BCUT2D eigenvalue weighted by molar-refractivity contribution is -0.629. The lowest BCUT2D eigenvalue weighted by atomic mass is 9.78. The van der Waals surface area contributed by atoms with Crippen LogP contribution in [0.15, 0.2) is 18.3 Å². The highest BCUT2D eigenvalue weighted by atomic mass is 19.4. The summed E-state index contributed by atoms with van der Waals surface area (Å²) in [6.45, 7) is 7.82. The molecule has 0 aliphatic rings. The van der Waals surface area contributed by atoms with E-state index in [9.17, 15) is 18.4 Å². The molecule has 0 spiro atoms. The molecular weight excluding hydrogens is 231 g/mol. The average Bonchev–Trinajstić information content (AvgIpc) is 2.12. The van der Waals surface area contributed by atoms with Crippen LogP contribution in [0.25, 0.3) is 0 Å². The Kier molecular flexibility index (Phi) is 3.41. The molecule has 0 saturated heterocycles. The highest BCUT2D eigenvalue weighted by molar-refractivity contribution is 5.17. The third-order valence-electron chi connectivity index (χ3n) is 3.03. The second-order valence-electron chi connectivity index (χ2n) is 5.26. The minimum absolute atomic E-state index is 0.00461. The molecule has 1 atom stereocenters. The molecule has 17 heavy (non-hydrogen) atoms. The summed E-state index contributed by atoms with van der Waals surface area (Å²) in [6, 6.07) is 2.21. The topological polar surface area (TPSA) is 26.9 Å². The van der Waals surface area contributed by atoms with Crippen LogP contribution in [0.5, 0.6) is 0 Å². The van der Waals surface area contributed by atoms with Crippen LogP contribution < -0.4 is 4.73 Å². The summed E-state index contributed by atoms with van der Waals surface area (Å²) in [4.78, 5) is 0. The molecule has 0 N–H and O–H groups in total. The summed E-state index contributed by atoms with van der Waals surface area (Å²) in [5, 5.41) is 11.3. The molecule has 96 valence electrons. The Morgan fingerprint density at radius 3 is 2.06 bits per heavy atom. The standard InChI is InChI=1S/C12H16F3NO/c1-8(11(2,3)4)9-5-6-10(12(13,14)15)16(17)7-9/h5-8H,1-4H3/t8-/m1/s1. The summed E-state index contributed by atoms with van der Waals surface area (Å²) in [5.74, 6) is 0.00461. The summed E-state index contributed by atoms with van der Waals surface area (Å²) < 4.78 is 37.1. The van der Waals surface area contributed by atoms with Crippen molar-refractivity contribution in [1.29, 1.82) is 0 Å². The predicted molar refractivity (Wildman–Crippen MR) is 58.3 cm³/mol. The molecule has 1 aromatic heterocycles. The summed E-state index contributed by atoms with van der Waals surface area (Å²) in [6.07, 6.45) is -3.59. The van der Waals surface area contributed by atoms with E-state index in [2.05, 4.69) is 0 Å². The van der Waals surface area contributed by atoms with Gasteiger partial charge in [0.15, 0.2) is 6.20 Å². The second kappa shape index (κ2) is 4.20. The van der Waals surface area contributed by atoms with E-state index in [1.807, 2.05) is 27.7 Å². The van der Waals surface area contributed by atoms with Crippen molar-refractivity contribution < 1.29 is 17.9 Å². The Hall–Kier alpha value is -1.26. The molecule has 0 unspecified atom stereocenters. The van der Waals surface area contributed by atoms with Gasteiger partial charge in [-0.15, -0.1) is 0 Å². The maximum absolute atomic E-state index is 12.4. The lowest BCUT2D eigenvalue weighted by Gasteiger charge is -2.26. The Balaban J connectivity index is 3.14. The molecule has 1 heterocycles. The van der Waals surface area contributed by atoms with Crippen LogP contribution >= 0.6 is 0 Å². The maximum Gasteiger partial charge on any atom is 0.478 e. The number of hydrogen-bond donors (Lipinski definition) is 0. The Morgan fingerprint density at radius 1 is 1.18 bits per heavy atom. The second-order valence-corrected chi connectivity index (χ2v) is 5.26. The molecule has 0 aliphatic heterocycles. The Bertz CT molecular complexity index is 407. The van der Waals surface area contributed by atoms with Crippen molar-refractivity contribution in [2.75, 3.05) is 0 Å². The van der Waals surface area contributed by atoms with Crippen LogP contribution in [-0.2, 0) is 6.18 Å². The molecule has 5 heteroatoms. The van der Waals surface area contributed by atoms with Gasteiger partial charge in [0.25, 0.3) is 5.69 Å². The first-order valence-electron chi connectivity index (χ1n) is 5.34. The Morgan fingerprint density at radius 2 is 1.71 bits per heavy atom. The highest BCUT2D eigenvalue weighted by Gasteiger charge is 2.40. The molecule has 1 rings (SSSR count). The quantitative estimate of drug-likeness (QED) is 0.551. The number of nitrogens with zero attached hydrogens (tertiary/aromatic N) is 1. The highest BCUT2D eigenvalue weighted by Crippen LogP contribution is 2.34. The van der Waals surface area contributed by atoms with Crippen LogP contribution in [0.3, 0.4) is 0 Å². The normalized spacial score (nSPS) is 14.8. The lowest BCUT2D eigenvalue weighted by Crippen LogP contribution is -2.37. The van der Waals surface area contributed by atoms with Gasteiger partial charge in [0, 0.05) is 11.6 Å². The van der Waals surface area contributed by atoms with E-state index < -0.39 is 11.9 Å². The van der Waals surface area contributed by atoms with Gasteiger partial charge in [-0.2, -0.15) is 17.9 Å². The third-order valence-corrected chi connectivity index (χ3v) is 3.03. The van der Waals surface area contributed by atoms with Crippen molar-refractivity contribution in [3.63, 3.8) is 0 Å². The fraction of sp³-hybridized carbons (Fsp3) is 0.583. The number of rotatable bonds is 1. The Labute approximate surface area is 98.7 Å². The smallest absolute Gasteiger partial charge is 0.478 e. The van der Waals surface area contributed by atoms with Gasteiger partial charge in [-0.05, 0) is 17.4 Å². The van der Waals surface area contributed by atoms with Crippen molar-refractivity contribution in [2.45, 2.75) is 39.8 Å². The van der Waals surface area contributed by atoms with Crippen LogP contribution in [-0.4, -0.2) is 0 Å². The summed E-state index contributed by atoms with van der Waals surface area (Å²) in [5.41, 5.74) is -0.671. The fourth-order valence-corrected chi connectivity index (χ4v) is 1.47. The molecular formula is C12H16F3NO. The molecule has 0 amide bonds. The SMILES string of the molecule is C[C@H](c1ccc(C(F)(F)F)[n+]([O-])c1)C(C)(C)C. The molecule has 2 nitrogen and oxygen atoms in total. The van der Waals surface area contributed by atoms with Crippen molar-refractivity contribution >= 4 is 0 Å². The van der Waals surface area contributed by atoms with E-state index in [4.69, 9.17) is 0 Å². The number of halogens is 3. The van der Waals surface area contributed by atoms with E-state index in [0.29, 0.717) is 5.56 Å². The van der Waals surface area contributed by atoms with E-state index in [1.54, 1.807) is 0 Å². The molecule has 0 aliphatic carbocycles. The zero-order chi connectivity index (χ0) is 13.4. The monoisotopic (exact) mass is 247 g/mol. The van der Waals surface area contributed by atoms with E-state index in [0.717, 1.165) is 12.3 Å². The zero-order valence-corrected chi connectivity index (χ0v) is 10.3. The van der Waals surface area contributed by atoms with Crippen LogP contribution in [0.2, 0.25) is 0 Å². The number of pyridine rings is 1. The maximum atomic E-state index is 12.4. The molecule has 0 aromatic carbocycles. The van der Waals surface area contributed by atoms with Crippen molar-refractivity contribution in [2.24, 2.45) is 5.41 Å². The first kappa shape index (κ1) is 13.8. The zero-order valence-electron chi connectivity index (χ0n) is 10.3. The average molecular weight is 247 g/mol. The minimum Gasteiger partial charge on any atom is -0.618 e. The number of aromatic nitrogens is 1. The van der Waals surface area contributed by atoms with Gasteiger partial charge < -0.3 is 5.21 Å². The molecule has 0 bridgehead atoms. The first-order valence-corrected chi connectivity index (χ1v) is 5.34. The van der Waals surface area contributed by atoms with Gasteiger partial charge in [0.1, 0.15) is 0 Å². The van der Waals surface area contributed by atoms with E-state index in [1.165, 1.54) is 6.07 Å². The fourth-order valence-electron chi connectivity index (χ4n) is 1.47. The molecule has 0 saturated carbocycles. The van der Waals surface area contributed by atoms with Crippen molar-refractivity contribution in [3.05, 3.63) is 34.8 Å². The number of hydrogen-bond acceptors (Lipinski definition) is 1. The van der Waals surface area contributed by atoms with Gasteiger partial charge in [-0.3, -0.25) is 0 Å². The van der Waals surface area contributed by atoms with Crippen LogP contribution in [0.4, 0.5) is 13.2 Å². The van der Waals surface area contributed by atoms with E-state index in [-0.39, 0.29) is 16.1 Å². The van der Waals surface area contributed by atoms with Crippen molar-refractivity contribution in [1.82, 2.24) is 0 Å². The predicted octanol–water partition coefficient (Wildman–Crippen LogP) is 3.49. The molecule has 1 aromatic rings. The van der Waals surface area contributed by atoms with Crippen molar-refractivity contribution in [3.8, 4) is 0 Å². The van der Waals surface area contributed by atoms with Crippen LogP contribution in [0.1, 0.15) is 44.9 Å². The largest absolute Gasteiger partial charge is 0.618 e. The molecule has 0 radical (unpaired) electrons. The first-order chi connectivity index (χ1) is 7.53. The number of alkyl halides is 3. The summed E-state index contributed by atoms with van der Waals surface area (Å²) >= 11 is 0. The van der Waals surface area contributed by atoms with Gasteiger partial charge in [-0.25, -0.2) is 0 Å². The summed E-state index contributed by atoms with van der Waals surface area (Å²) in [7, 11) is 0.